The van der Waals surface area contributed by atoms with Gasteiger partial charge in [0, 0.05) is 18.0 Å². The molecule has 0 spiro atoms. The molecule has 1 aromatic heterocycles. The number of halogens is 3. The number of nitrogens with zero attached hydrogens (tertiary/aromatic N) is 2. The molecule has 0 unspecified atom stereocenters. The largest absolute Gasteiger partial charge is 0.573 e. The van der Waals surface area contributed by atoms with Crippen LogP contribution in [0.4, 0.5) is 13.2 Å². The smallest absolute Gasteiger partial charge is 0.405 e. The van der Waals surface area contributed by atoms with E-state index in [4.69, 9.17) is 5.26 Å². The maximum Gasteiger partial charge on any atom is 0.573 e. The van der Waals surface area contributed by atoms with Gasteiger partial charge >= 0.3 is 6.36 Å². The number of hydrogen-bond donors (Lipinski definition) is 0. The number of alkyl halides is 3. The minimum absolute atomic E-state index is 0.245. The van der Waals surface area contributed by atoms with E-state index in [0.717, 1.165) is 0 Å². The minimum Gasteiger partial charge on any atom is -0.405 e. The van der Waals surface area contributed by atoms with Crippen LogP contribution in [0.25, 0.3) is 11.1 Å². The number of benzene rings is 1. The van der Waals surface area contributed by atoms with E-state index in [-0.39, 0.29) is 5.75 Å². The molecular weight excluding hydrogens is 305 g/mol. The summed E-state index contributed by atoms with van der Waals surface area (Å²) in [5.41, 5.74) is 1.33. The number of aromatic nitrogens is 1. The van der Waals surface area contributed by atoms with Gasteiger partial charge in [-0.25, -0.2) is 0 Å². The molecule has 0 N–H and O–H groups in total. The Morgan fingerprint density at radius 1 is 1.04 bits per heavy atom. The van der Waals surface area contributed by atoms with Crippen molar-refractivity contribution in [1.29, 1.82) is 5.26 Å². The van der Waals surface area contributed by atoms with Crippen molar-refractivity contribution in [3.8, 4) is 22.9 Å². The van der Waals surface area contributed by atoms with Crippen molar-refractivity contribution in [2.75, 3.05) is 0 Å². The van der Waals surface area contributed by atoms with E-state index in [9.17, 15) is 13.2 Å². The molecule has 0 aliphatic heterocycles. The van der Waals surface area contributed by atoms with Crippen LogP contribution in [0, 0.1) is 11.3 Å². The average Bonchev–Trinajstić information content (AvgIpc) is 2.44. The van der Waals surface area contributed by atoms with Gasteiger partial charge in [-0.05, 0) is 28.7 Å². The monoisotopic (exact) mass is 320 g/mol. The Kier molecular flexibility index (Phi) is 4.33. The predicted molar refractivity (Wildman–Crippen MR) is 79.8 cm³/mol. The lowest BCUT2D eigenvalue weighted by atomic mass is 9.85. The summed E-state index contributed by atoms with van der Waals surface area (Å²) in [6.07, 6.45) is -1.89. The number of nitriles is 1. The topological polar surface area (TPSA) is 45.9 Å². The Hall–Kier alpha value is -2.55. The molecule has 1 aromatic carbocycles. The fraction of sp³-hybridized carbons (Fsp3) is 0.294. The lowest BCUT2D eigenvalue weighted by Crippen LogP contribution is -2.21. The van der Waals surface area contributed by atoms with Gasteiger partial charge in [-0.3, -0.25) is 4.98 Å². The molecule has 0 fully saturated rings. The first-order chi connectivity index (χ1) is 10.6. The van der Waals surface area contributed by atoms with E-state index >= 15 is 0 Å². The molecule has 6 heteroatoms. The number of hydrogen-bond acceptors (Lipinski definition) is 3. The molecule has 0 saturated heterocycles. The first kappa shape index (κ1) is 16.8. The SMILES string of the molecule is CC(C)(C)c1ccc(-c2cncc(C#N)c2)cc1OC(F)(F)F. The summed E-state index contributed by atoms with van der Waals surface area (Å²) in [6, 6.07) is 8.15. The summed E-state index contributed by atoms with van der Waals surface area (Å²) in [7, 11) is 0. The Balaban J connectivity index is 2.55. The molecule has 0 bridgehead atoms. The Morgan fingerprint density at radius 3 is 2.30 bits per heavy atom. The van der Waals surface area contributed by atoms with Crippen LogP contribution < -0.4 is 4.74 Å². The van der Waals surface area contributed by atoms with E-state index in [2.05, 4.69) is 9.72 Å². The van der Waals surface area contributed by atoms with Crippen molar-refractivity contribution in [3.05, 3.63) is 47.8 Å². The van der Waals surface area contributed by atoms with Crippen LogP contribution in [-0.4, -0.2) is 11.3 Å². The maximum absolute atomic E-state index is 12.7. The Labute approximate surface area is 132 Å². The summed E-state index contributed by atoms with van der Waals surface area (Å²) in [5, 5.41) is 8.90. The van der Waals surface area contributed by atoms with Gasteiger partial charge in [0.05, 0.1) is 5.56 Å². The molecule has 1 heterocycles. The third-order valence-electron chi connectivity index (χ3n) is 3.22. The quantitative estimate of drug-likeness (QED) is 0.797. The molecule has 0 radical (unpaired) electrons. The van der Waals surface area contributed by atoms with Gasteiger partial charge in [-0.15, -0.1) is 13.2 Å². The first-order valence-corrected chi connectivity index (χ1v) is 6.86. The van der Waals surface area contributed by atoms with Gasteiger partial charge in [-0.1, -0.05) is 32.9 Å². The third kappa shape index (κ3) is 4.22. The molecule has 3 nitrogen and oxygen atoms in total. The van der Waals surface area contributed by atoms with E-state index in [1.54, 1.807) is 18.2 Å². The van der Waals surface area contributed by atoms with Crippen LogP contribution in [0.5, 0.6) is 5.75 Å². The van der Waals surface area contributed by atoms with Crippen LogP contribution in [0.15, 0.2) is 36.7 Å². The number of ether oxygens (including phenoxy) is 1. The van der Waals surface area contributed by atoms with Crippen LogP contribution in [-0.2, 0) is 5.41 Å². The van der Waals surface area contributed by atoms with Crippen LogP contribution in [0.1, 0.15) is 31.9 Å². The summed E-state index contributed by atoms with van der Waals surface area (Å²) in [6.45, 7) is 5.43. The minimum atomic E-state index is -4.77. The first-order valence-electron chi connectivity index (χ1n) is 6.86. The van der Waals surface area contributed by atoms with Crippen LogP contribution in [0.2, 0.25) is 0 Å². The van der Waals surface area contributed by atoms with Gasteiger partial charge in [0.15, 0.2) is 0 Å². The van der Waals surface area contributed by atoms with Crippen LogP contribution >= 0.6 is 0 Å². The van der Waals surface area contributed by atoms with Gasteiger partial charge < -0.3 is 4.74 Å². The highest BCUT2D eigenvalue weighted by molar-refractivity contribution is 5.67. The molecule has 0 aliphatic rings. The predicted octanol–water partition coefficient (Wildman–Crippen LogP) is 4.82. The van der Waals surface area contributed by atoms with Crippen molar-refractivity contribution in [2.24, 2.45) is 0 Å². The molecular formula is C17H15F3N2O. The summed E-state index contributed by atoms with van der Waals surface area (Å²) < 4.78 is 42.2. The van der Waals surface area contributed by atoms with E-state index < -0.39 is 11.8 Å². The zero-order chi connectivity index (χ0) is 17.3. The van der Waals surface area contributed by atoms with Gasteiger partial charge in [0.2, 0.25) is 0 Å². The van der Waals surface area contributed by atoms with E-state index in [1.165, 1.54) is 18.5 Å². The van der Waals surface area contributed by atoms with Crippen molar-refractivity contribution in [1.82, 2.24) is 4.98 Å². The highest BCUT2D eigenvalue weighted by atomic mass is 19.4. The second kappa shape index (κ2) is 5.92. The average molecular weight is 320 g/mol. The third-order valence-corrected chi connectivity index (χ3v) is 3.22. The van der Waals surface area contributed by atoms with Gasteiger partial charge in [0.25, 0.3) is 0 Å². The zero-order valence-electron chi connectivity index (χ0n) is 12.9. The van der Waals surface area contributed by atoms with Crippen molar-refractivity contribution < 1.29 is 17.9 Å². The molecule has 2 rings (SSSR count). The Bertz CT molecular complexity index is 756. The lowest BCUT2D eigenvalue weighted by molar-refractivity contribution is -0.275. The highest BCUT2D eigenvalue weighted by Crippen LogP contribution is 2.37. The normalized spacial score (nSPS) is 11.9. The fourth-order valence-corrected chi connectivity index (χ4v) is 2.19. The number of rotatable bonds is 2. The standard InChI is InChI=1S/C17H15F3N2O/c1-16(2,3)14-5-4-12(7-15(14)23-17(18,19)20)13-6-11(8-21)9-22-10-13/h4-7,9-10H,1-3H3. The van der Waals surface area contributed by atoms with E-state index in [1.807, 2.05) is 26.8 Å². The van der Waals surface area contributed by atoms with Crippen molar-refractivity contribution >= 4 is 0 Å². The second-order valence-electron chi connectivity index (χ2n) is 6.08. The summed E-state index contributed by atoms with van der Waals surface area (Å²) >= 11 is 0. The lowest BCUT2D eigenvalue weighted by Gasteiger charge is -2.24. The van der Waals surface area contributed by atoms with Gasteiger partial charge in [-0.2, -0.15) is 5.26 Å². The van der Waals surface area contributed by atoms with Crippen molar-refractivity contribution in [3.63, 3.8) is 0 Å². The molecule has 2 aromatic rings. The fourth-order valence-electron chi connectivity index (χ4n) is 2.19. The molecule has 120 valence electrons. The maximum atomic E-state index is 12.7. The molecule has 0 aliphatic carbocycles. The Morgan fingerprint density at radius 2 is 1.74 bits per heavy atom. The molecule has 23 heavy (non-hydrogen) atoms. The second-order valence-corrected chi connectivity index (χ2v) is 6.08. The molecule has 0 amide bonds. The van der Waals surface area contributed by atoms with E-state index in [0.29, 0.717) is 22.3 Å². The van der Waals surface area contributed by atoms with Crippen LogP contribution in [0.3, 0.4) is 0 Å². The zero-order valence-corrected chi connectivity index (χ0v) is 12.9. The van der Waals surface area contributed by atoms with Crippen molar-refractivity contribution in [2.45, 2.75) is 32.5 Å². The summed E-state index contributed by atoms with van der Waals surface area (Å²) in [5.74, 6) is -0.245. The summed E-state index contributed by atoms with van der Waals surface area (Å²) in [4.78, 5) is 3.92. The van der Waals surface area contributed by atoms with Gasteiger partial charge in [0.1, 0.15) is 11.8 Å². The number of pyridine rings is 1. The highest BCUT2D eigenvalue weighted by Gasteiger charge is 2.33. The molecule has 0 atom stereocenters. The molecule has 0 saturated carbocycles.